The molecule has 1 rings (SSSR count). The quantitative estimate of drug-likeness (QED) is 0.568. The maximum atomic E-state index is 10.6. The van der Waals surface area contributed by atoms with E-state index in [1.807, 2.05) is 6.92 Å². The van der Waals surface area contributed by atoms with Gasteiger partial charge in [0.2, 0.25) is 0 Å². The topological polar surface area (TPSA) is 89.4 Å². The van der Waals surface area contributed by atoms with Crippen molar-refractivity contribution in [1.29, 1.82) is 0 Å². The number of nitro benzene ring substituents is 1. The van der Waals surface area contributed by atoms with E-state index in [9.17, 15) is 15.2 Å². The molecule has 0 aliphatic heterocycles. The van der Waals surface area contributed by atoms with E-state index in [2.05, 4.69) is 0 Å². The van der Waals surface area contributed by atoms with Crippen LogP contribution in [-0.4, -0.2) is 10.0 Å². The molecular formula is C9H12N2O3. The Morgan fingerprint density at radius 1 is 1.64 bits per heavy atom. The molecule has 0 unspecified atom stereocenters. The maximum absolute atomic E-state index is 10.6. The highest BCUT2D eigenvalue weighted by molar-refractivity contribution is 5.46. The molecule has 14 heavy (non-hydrogen) atoms. The first-order valence-corrected chi connectivity index (χ1v) is 4.29. The molecule has 5 heteroatoms. The molecule has 76 valence electrons. The number of phenols is 1. The van der Waals surface area contributed by atoms with E-state index in [1.165, 1.54) is 18.2 Å². The van der Waals surface area contributed by atoms with E-state index in [0.29, 0.717) is 12.0 Å². The second-order valence-corrected chi connectivity index (χ2v) is 3.01. The molecular weight excluding hydrogens is 184 g/mol. The molecule has 3 N–H and O–H groups in total. The minimum Gasteiger partial charge on any atom is -0.508 e. The van der Waals surface area contributed by atoms with Crippen LogP contribution in [-0.2, 0) is 0 Å². The van der Waals surface area contributed by atoms with Gasteiger partial charge in [0.1, 0.15) is 5.75 Å². The molecule has 0 saturated carbocycles. The van der Waals surface area contributed by atoms with E-state index in [0.717, 1.165) is 0 Å². The third kappa shape index (κ3) is 2.00. The molecule has 0 aromatic heterocycles. The molecule has 0 heterocycles. The van der Waals surface area contributed by atoms with Crippen LogP contribution in [0.4, 0.5) is 5.69 Å². The van der Waals surface area contributed by atoms with Crippen molar-refractivity contribution in [3.05, 3.63) is 33.9 Å². The average molecular weight is 196 g/mol. The Labute approximate surface area is 81.3 Å². The lowest BCUT2D eigenvalue weighted by Gasteiger charge is -2.09. The average Bonchev–Trinajstić information content (AvgIpc) is 2.16. The Morgan fingerprint density at radius 3 is 2.79 bits per heavy atom. The number of benzene rings is 1. The summed E-state index contributed by atoms with van der Waals surface area (Å²) in [5.74, 6) is -0.00509. The van der Waals surface area contributed by atoms with Gasteiger partial charge >= 0.3 is 0 Å². The first kappa shape index (κ1) is 10.5. The number of hydrogen-bond acceptors (Lipinski definition) is 4. The van der Waals surface area contributed by atoms with Crippen LogP contribution < -0.4 is 5.73 Å². The summed E-state index contributed by atoms with van der Waals surface area (Å²) < 4.78 is 0. The van der Waals surface area contributed by atoms with Gasteiger partial charge in [-0.25, -0.2) is 0 Å². The Morgan fingerprint density at radius 2 is 2.29 bits per heavy atom. The highest BCUT2D eigenvalue weighted by Crippen LogP contribution is 2.28. The second-order valence-electron chi connectivity index (χ2n) is 3.01. The predicted octanol–water partition coefficient (Wildman–Crippen LogP) is 1.71. The van der Waals surface area contributed by atoms with E-state index in [-0.39, 0.29) is 11.4 Å². The van der Waals surface area contributed by atoms with Crippen molar-refractivity contribution in [2.45, 2.75) is 19.4 Å². The van der Waals surface area contributed by atoms with Gasteiger partial charge in [-0.1, -0.05) is 6.92 Å². The molecule has 0 saturated heterocycles. The van der Waals surface area contributed by atoms with Crippen LogP contribution in [0.5, 0.6) is 5.75 Å². The SMILES string of the molecule is CC[C@H](N)c1cc(O)ccc1[N+](=O)[O-]. The Hall–Kier alpha value is -1.62. The number of nitrogens with two attached hydrogens (primary N) is 1. The third-order valence-electron chi connectivity index (χ3n) is 2.05. The van der Waals surface area contributed by atoms with Gasteiger partial charge < -0.3 is 10.8 Å². The monoisotopic (exact) mass is 196 g/mol. The minimum atomic E-state index is -0.496. The first-order valence-electron chi connectivity index (χ1n) is 4.29. The molecule has 0 fully saturated rings. The second kappa shape index (κ2) is 4.06. The van der Waals surface area contributed by atoms with Crippen molar-refractivity contribution >= 4 is 5.69 Å². The van der Waals surface area contributed by atoms with Crippen molar-refractivity contribution in [1.82, 2.24) is 0 Å². The fourth-order valence-corrected chi connectivity index (χ4v) is 1.23. The lowest BCUT2D eigenvalue weighted by atomic mass is 10.0. The van der Waals surface area contributed by atoms with Gasteiger partial charge in [-0.15, -0.1) is 0 Å². The summed E-state index contributed by atoms with van der Waals surface area (Å²) in [7, 11) is 0. The van der Waals surface area contributed by atoms with Crippen molar-refractivity contribution in [2.24, 2.45) is 5.73 Å². The van der Waals surface area contributed by atoms with E-state index in [4.69, 9.17) is 5.73 Å². The van der Waals surface area contributed by atoms with Crippen molar-refractivity contribution < 1.29 is 10.0 Å². The van der Waals surface area contributed by atoms with E-state index >= 15 is 0 Å². The van der Waals surface area contributed by atoms with E-state index in [1.54, 1.807) is 0 Å². The van der Waals surface area contributed by atoms with E-state index < -0.39 is 11.0 Å². The number of nitrogens with zero attached hydrogens (tertiary/aromatic N) is 1. The summed E-state index contributed by atoms with van der Waals surface area (Å²) in [5, 5.41) is 19.8. The smallest absolute Gasteiger partial charge is 0.274 e. The first-order chi connectivity index (χ1) is 6.56. The van der Waals surface area contributed by atoms with Crippen LogP contribution in [0, 0.1) is 10.1 Å². The maximum Gasteiger partial charge on any atom is 0.274 e. The third-order valence-corrected chi connectivity index (χ3v) is 2.05. The van der Waals surface area contributed by atoms with Gasteiger partial charge in [-0.05, 0) is 18.6 Å². The normalized spacial score (nSPS) is 12.4. The molecule has 0 amide bonds. The summed E-state index contributed by atoms with van der Waals surface area (Å²) >= 11 is 0. The molecule has 1 aromatic carbocycles. The standard InChI is InChI=1S/C9H12N2O3/c1-2-8(10)7-5-6(12)3-4-9(7)11(13)14/h3-5,8,12H,2,10H2,1H3/t8-/m0/s1. The molecule has 0 aliphatic rings. The molecule has 0 spiro atoms. The van der Waals surface area contributed by atoms with Crippen molar-refractivity contribution in [2.75, 3.05) is 0 Å². The lowest BCUT2D eigenvalue weighted by molar-refractivity contribution is -0.385. The highest BCUT2D eigenvalue weighted by Gasteiger charge is 2.18. The number of hydrogen-bond donors (Lipinski definition) is 2. The summed E-state index contributed by atoms with van der Waals surface area (Å²) in [6.07, 6.45) is 0.588. The zero-order valence-electron chi connectivity index (χ0n) is 7.80. The molecule has 1 aromatic rings. The zero-order valence-corrected chi connectivity index (χ0v) is 7.80. The van der Waals surface area contributed by atoms with Gasteiger partial charge in [-0.2, -0.15) is 0 Å². The molecule has 0 bridgehead atoms. The van der Waals surface area contributed by atoms with Crippen molar-refractivity contribution in [3.63, 3.8) is 0 Å². The van der Waals surface area contributed by atoms with Crippen LogP contribution in [0.25, 0.3) is 0 Å². The Bertz CT molecular complexity index is 352. The molecule has 5 nitrogen and oxygen atoms in total. The van der Waals surface area contributed by atoms with Gasteiger partial charge in [-0.3, -0.25) is 10.1 Å². The fraction of sp³-hybridized carbons (Fsp3) is 0.333. The summed E-state index contributed by atoms with van der Waals surface area (Å²) in [6.45, 7) is 1.83. The molecule has 1 atom stereocenters. The lowest BCUT2D eigenvalue weighted by Crippen LogP contribution is -2.10. The van der Waals surface area contributed by atoms with Crippen LogP contribution in [0.1, 0.15) is 24.9 Å². The van der Waals surface area contributed by atoms with Crippen LogP contribution in [0.3, 0.4) is 0 Å². The summed E-state index contributed by atoms with van der Waals surface area (Å²) in [5.41, 5.74) is 6.01. The highest BCUT2D eigenvalue weighted by atomic mass is 16.6. The minimum absolute atomic E-state index is 0.00509. The number of phenolic OH excluding ortho intramolecular Hbond substituents is 1. The van der Waals surface area contributed by atoms with Gasteiger partial charge in [0.05, 0.1) is 10.5 Å². The van der Waals surface area contributed by atoms with Gasteiger partial charge in [0.15, 0.2) is 0 Å². The fourth-order valence-electron chi connectivity index (χ4n) is 1.23. The summed E-state index contributed by atoms with van der Waals surface area (Å²) in [6, 6.07) is 3.47. The van der Waals surface area contributed by atoms with Crippen LogP contribution >= 0.6 is 0 Å². The summed E-state index contributed by atoms with van der Waals surface area (Å²) in [4.78, 5) is 10.1. The Balaban J connectivity index is 3.22. The number of aromatic hydroxyl groups is 1. The van der Waals surface area contributed by atoms with Gasteiger partial charge in [0.25, 0.3) is 5.69 Å². The van der Waals surface area contributed by atoms with Gasteiger partial charge in [0, 0.05) is 12.1 Å². The predicted molar refractivity (Wildman–Crippen MR) is 52.0 cm³/mol. The van der Waals surface area contributed by atoms with Crippen molar-refractivity contribution in [3.8, 4) is 5.75 Å². The molecule has 0 aliphatic carbocycles. The number of rotatable bonds is 3. The Kier molecular flexibility index (Phi) is 3.03. The number of nitro groups is 1. The van der Waals surface area contributed by atoms with Crippen LogP contribution in [0.15, 0.2) is 18.2 Å². The van der Waals surface area contributed by atoms with Crippen LogP contribution in [0.2, 0.25) is 0 Å². The molecule has 0 radical (unpaired) electrons. The largest absolute Gasteiger partial charge is 0.508 e. The zero-order chi connectivity index (χ0) is 10.7.